The molecule has 6 heteroatoms. The Morgan fingerprint density at radius 1 is 1.38 bits per heavy atom. The maximum absolute atomic E-state index is 12.4. The van der Waals surface area contributed by atoms with Gasteiger partial charge in [-0.3, -0.25) is 9.36 Å². The van der Waals surface area contributed by atoms with Crippen molar-refractivity contribution in [1.82, 2.24) is 9.55 Å². The molecule has 21 heavy (non-hydrogen) atoms. The molecule has 2 heterocycles. The minimum absolute atomic E-state index is 0.191. The fourth-order valence-corrected chi connectivity index (χ4v) is 2.58. The van der Waals surface area contributed by atoms with Crippen molar-refractivity contribution < 1.29 is 9.90 Å². The Hall–Kier alpha value is -2.63. The lowest BCUT2D eigenvalue weighted by atomic mass is 10.2. The molecule has 1 aliphatic rings. The third-order valence-corrected chi connectivity index (χ3v) is 3.65. The number of aliphatic carboxylic acids is 1. The standard InChI is InChI=1S/C15H15N3O3/c19-14-13(16-8-10-4-2-1-3-5-10)17-9-11-6-7-12(15(20)21)18(11)14/h1-5,9,12H,6-8H2,(H,16,17)(H,20,21)/t12-/m0/s1. The zero-order chi connectivity index (χ0) is 14.8. The molecule has 1 atom stereocenters. The Labute approximate surface area is 121 Å². The molecule has 0 spiro atoms. The molecule has 0 bridgehead atoms. The molecule has 0 aliphatic carbocycles. The number of carboxylic acid groups (broad SMARTS) is 1. The third-order valence-electron chi connectivity index (χ3n) is 3.65. The number of rotatable bonds is 4. The summed E-state index contributed by atoms with van der Waals surface area (Å²) in [5.41, 5.74) is 1.34. The van der Waals surface area contributed by atoms with Gasteiger partial charge in [0.05, 0.1) is 0 Å². The summed E-state index contributed by atoms with van der Waals surface area (Å²) in [7, 11) is 0. The normalized spacial score (nSPS) is 16.5. The topological polar surface area (TPSA) is 84.2 Å². The average Bonchev–Trinajstić information content (AvgIpc) is 2.93. The second-order valence-electron chi connectivity index (χ2n) is 5.01. The molecule has 0 amide bonds. The van der Waals surface area contributed by atoms with Crippen molar-refractivity contribution in [3.05, 3.63) is 58.1 Å². The van der Waals surface area contributed by atoms with Crippen molar-refractivity contribution in [2.24, 2.45) is 0 Å². The maximum atomic E-state index is 12.4. The van der Waals surface area contributed by atoms with Gasteiger partial charge in [-0.1, -0.05) is 30.3 Å². The molecular weight excluding hydrogens is 270 g/mol. The van der Waals surface area contributed by atoms with Crippen LogP contribution in [0.5, 0.6) is 0 Å². The minimum Gasteiger partial charge on any atom is -0.480 e. The fraction of sp³-hybridized carbons (Fsp3) is 0.267. The quantitative estimate of drug-likeness (QED) is 0.887. The van der Waals surface area contributed by atoms with E-state index in [-0.39, 0.29) is 11.4 Å². The molecule has 1 aliphatic heterocycles. The molecule has 0 fully saturated rings. The highest BCUT2D eigenvalue weighted by atomic mass is 16.4. The van der Waals surface area contributed by atoms with E-state index in [1.165, 1.54) is 4.57 Å². The SMILES string of the molecule is O=C(O)[C@@H]1CCc2cnc(NCc3ccccc3)c(=O)n21. The van der Waals surface area contributed by atoms with E-state index in [4.69, 9.17) is 0 Å². The van der Waals surface area contributed by atoms with E-state index in [2.05, 4.69) is 10.3 Å². The van der Waals surface area contributed by atoms with Crippen molar-refractivity contribution in [2.45, 2.75) is 25.4 Å². The van der Waals surface area contributed by atoms with Gasteiger partial charge in [0, 0.05) is 18.4 Å². The summed E-state index contributed by atoms with van der Waals surface area (Å²) < 4.78 is 1.34. The first-order chi connectivity index (χ1) is 10.2. The second kappa shape index (κ2) is 5.40. The fourth-order valence-electron chi connectivity index (χ4n) is 2.58. The smallest absolute Gasteiger partial charge is 0.326 e. The number of anilines is 1. The van der Waals surface area contributed by atoms with Gasteiger partial charge in [0.2, 0.25) is 0 Å². The Bertz CT molecular complexity index is 725. The number of aromatic nitrogens is 2. The molecule has 3 rings (SSSR count). The molecule has 0 saturated carbocycles. The van der Waals surface area contributed by atoms with Crippen LogP contribution in [-0.2, 0) is 17.8 Å². The number of fused-ring (bicyclic) bond motifs is 1. The van der Waals surface area contributed by atoms with Gasteiger partial charge >= 0.3 is 5.97 Å². The highest BCUT2D eigenvalue weighted by Crippen LogP contribution is 2.23. The van der Waals surface area contributed by atoms with E-state index < -0.39 is 12.0 Å². The highest BCUT2D eigenvalue weighted by Gasteiger charge is 2.30. The first kappa shape index (κ1) is 13.4. The van der Waals surface area contributed by atoms with E-state index in [1.807, 2.05) is 30.3 Å². The molecule has 108 valence electrons. The van der Waals surface area contributed by atoms with Gasteiger partial charge in [-0.15, -0.1) is 0 Å². The maximum Gasteiger partial charge on any atom is 0.326 e. The predicted molar refractivity (Wildman–Crippen MR) is 77.3 cm³/mol. The number of nitrogens with zero attached hydrogens (tertiary/aromatic N) is 2. The van der Waals surface area contributed by atoms with Crippen molar-refractivity contribution in [1.29, 1.82) is 0 Å². The molecule has 1 aromatic carbocycles. The zero-order valence-corrected chi connectivity index (χ0v) is 11.3. The highest BCUT2D eigenvalue weighted by molar-refractivity contribution is 5.72. The van der Waals surface area contributed by atoms with Gasteiger partial charge in [-0.2, -0.15) is 0 Å². The van der Waals surface area contributed by atoms with Crippen LogP contribution in [0.2, 0.25) is 0 Å². The van der Waals surface area contributed by atoms with Crippen LogP contribution in [0, 0.1) is 0 Å². The second-order valence-corrected chi connectivity index (χ2v) is 5.01. The molecule has 1 aromatic heterocycles. The summed E-state index contributed by atoms with van der Waals surface area (Å²) in [5, 5.41) is 12.2. The van der Waals surface area contributed by atoms with Gasteiger partial charge in [-0.25, -0.2) is 9.78 Å². The Balaban J connectivity index is 1.86. The van der Waals surface area contributed by atoms with Crippen molar-refractivity contribution in [3.63, 3.8) is 0 Å². The largest absolute Gasteiger partial charge is 0.480 e. The van der Waals surface area contributed by atoms with Gasteiger partial charge in [0.1, 0.15) is 6.04 Å². The lowest BCUT2D eigenvalue weighted by molar-refractivity contribution is -0.140. The third kappa shape index (κ3) is 2.52. The number of carboxylic acids is 1. The molecule has 0 radical (unpaired) electrons. The van der Waals surface area contributed by atoms with Crippen LogP contribution in [0.25, 0.3) is 0 Å². The Kier molecular flexibility index (Phi) is 3.43. The molecular formula is C15H15N3O3. The van der Waals surface area contributed by atoms with Gasteiger partial charge in [0.15, 0.2) is 5.82 Å². The summed E-state index contributed by atoms with van der Waals surface area (Å²) in [5.74, 6) is -0.785. The van der Waals surface area contributed by atoms with Crippen molar-refractivity contribution >= 4 is 11.8 Å². The monoisotopic (exact) mass is 285 g/mol. The first-order valence-corrected chi connectivity index (χ1v) is 6.78. The van der Waals surface area contributed by atoms with E-state index in [0.29, 0.717) is 25.1 Å². The summed E-state index contributed by atoms with van der Waals surface area (Å²) in [6.45, 7) is 0.472. The number of benzene rings is 1. The number of aryl methyl sites for hydroxylation is 1. The number of hydrogen-bond acceptors (Lipinski definition) is 4. The van der Waals surface area contributed by atoms with E-state index in [0.717, 1.165) is 5.56 Å². The van der Waals surface area contributed by atoms with Gasteiger partial charge in [-0.05, 0) is 18.4 Å². The van der Waals surface area contributed by atoms with Crippen LogP contribution < -0.4 is 10.9 Å². The van der Waals surface area contributed by atoms with Crippen LogP contribution in [0.15, 0.2) is 41.3 Å². The van der Waals surface area contributed by atoms with Crippen LogP contribution >= 0.6 is 0 Å². The molecule has 2 aromatic rings. The minimum atomic E-state index is -0.976. The predicted octanol–water partition coefficient (Wildman–Crippen LogP) is 1.43. The first-order valence-electron chi connectivity index (χ1n) is 6.78. The molecule has 6 nitrogen and oxygen atoms in total. The number of carbonyl (C=O) groups is 1. The van der Waals surface area contributed by atoms with Gasteiger partial charge in [0.25, 0.3) is 5.56 Å². The number of nitrogens with one attached hydrogen (secondary N) is 1. The Morgan fingerprint density at radius 2 is 2.14 bits per heavy atom. The van der Waals surface area contributed by atoms with Gasteiger partial charge < -0.3 is 10.4 Å². The van der Waals surface area contributed by atoms with E-state index >= 15 is 0 Å². The van der Waals surface area contributed by atoms with Crippen LogP contribution in [0.4, 0.5) is 5.82 Å². The van der Waals surface area contributed by atoms with Crippen molar-refractivity contribution in [2.75, 3.05) is 5.32 Å². The number of hydrogen-bond donors (Lipinski definition) is 2. The summed E-state index contributed by atoms with van der Waals surface area (Å²) in [6, 6.07) is 8.85. The molecule has 2 N–H and O–H groups in total. The average molecular weight is 285 g/mol. The lowest BCUT2D eigenvalue weighted by Gasteiger charge is -2.12. The molecule has 0 saturated heterocycles. The Morgan fingerprint density at radius 3 is 2.86 bits per heavy atom. The molecule has 0 unspecified atom stereocenters. The summed E-state index contributed by atoms with van der Waals surface area (Å²) in [6.07, 6.45) is 2.59. The van der Waals surface area contributed by atoms with Crippen LogP contribution in [-0.4, -0.2) is 20.6 Å². The summed E-state index contributed by atoms with van der Waals surface area (Å²) in [4.78, 5) is 27.7. The lowest BCUT2D eigenvalue weighted by Crippen LogP contribution is -2.30. The summed E-state index contributed by atoms with van der Waals surface area (Å²) >= 11 is 0. The van der Waals surface area contributed by atoms with E-state index in [1.54, 1.807) is 6.20 Å². The van der Waals surface area contributed by atoms with Crippen LogP contribution in [0.3, 0.4) is 0 Å². The van der Waals surface area contributed by atoms with Crippen LogP contribution in [0.1, 0.15) is 23.7 Å². The van der Waals surface area contributed by atoms with Crippen molar-refractivity contribution in [3.8, 4) is 0 Å². The van der Waals surface area contributed by atoms with E-state index in [9.17, 15) is 14.7 Å². The zero-order valence-electron chi connectivity index (χ0n) is 11.3.